The molecule has 31 heavy (non-hydrogen) atoms. The van der Waals surface area contributed by atoms with Crippen molar-refractivity contribution in [3.8, 4) is 5.75 Å². The molecule has 4 aliphatic carbocycles. The molecule has 5 rings (SSSR count). The van der Waals surface area contributed by atoms with Gasteiger partial charge in [-0.05, 0) is 68.1 Å². The number of carbonyl (C=O) groups is 5. The number of Topliss-reactive ketones (excluding diaryl/α,β-unsaturated/α-hetero) is 5. The molecule has 3 fully saturated rings. The molecule has 0 bridgehead atoms. The third-order valence-corrected chi connectivity index (χ3v) is 7.62. The van der Waals surface area contributed by atoms with Gasteiger partial charge in [0.1, 0.15) is 17.5 Å². The first kappa shape index (κ1) is 20.0. The van der Waals surface area contributed by atoms with E-state index >= 15 is 0 Å². The van der Waals surface area contributed by atoms with Gasteiger partial charge in [-0.2, -0.15) is 0 Å². The molecule has 6 heteroatoms. The molecule has 0 spiro atoms. The minimum absolute atomic E-state index is 0.0214. The summed E-state index contributed by atoms with van der Waals surface area (Å²) in [4.78, 5) is 64.0. The number of phenolic OH excluding ortho intramolecular Hbond substituents is 1. The number of hydrogen-bond donors (Lipinski definition) is 1. The third-order valence-electron chi connectivity index (χ3n) is 7.62. The Kier molecular flexibility index (Phi) is 4.57. The predicted molar refractivity (Wildman–Crippen MR) is 110 cm³/mol. The Labute approximate surface area is 179 Å². The van der Waals surface area contributed by atoms with Gasteiger partial charge in [-0.1, -0.05) is 17.7 Å². The Morgan fingerprint density at radius 1 is 1.00 bits per heavy atom. The van der Waals surface area contributed by atoms with Crippen molar-refractivity contribution >= 4 is 35.0 Å². The molecule has 1 aromatic rings. The molecule has 0 aliphatic heterocycles. The lowest BCUT2D eigenvalue weighted by Gasteiger charge is -2.44. The monoisotopic (exact) mass is 420 g/mol. The maximum absolute atomic E-state index is 13.4. The molecule has 0 radical (unpaired) electrons. The zero-order valence-corrected chi connectivity index (χ0v) is 17.3. The lowest BCUT2D eigenvalue weighted by atomic mass is 9.55. The van der Waals surface area contributed by atoms with Crippen molar-refractivity contribution in [3.63, 3.8) is 0 Å². The Bertz CT molecular complexity index is 1090. The van der Waals surface area contributed by atoms with Gasteiger partial charge in [-0.15, -0.1) is 0 Å². The van der Waals surface area contributed by atoms with Crippen LogP contribution >= 0.6 is 0 Å². The van der Waals surface area contributed by atoms with Gasteiger partial charge in [0.25, 0.3) is 0 Å². The van der Waals surface area contributed by atoms with E-state index < -0.39 is 52.6 Å². The highest BCUT2D eigenvalue weighted by Gasteiger charge is 2.57. The summed E-state index contributed by atoms with van der Waals surface area (Å²) in [5, 5.41) is 10.5. The van der Waals surface area contributed by atoms with E-state index in [-0.39, 0.29) is 23.7 Å². The highest BCUT2D eigenvalue weighted by molar-refractivity contribution is 6.27. The average Bonchev–Trinajstić information content (AvgIpc) is 2.65. The molecule has 0 heterocycles. The molecular weight excluding hydrogens is 396 g/mol. The Morgan fingerprint density at radius 3 is 2.35 bits per heavy atom. The first-order valence-electron chi connectivity index (χ1n) is 11.0. The van der Waals surface area contributed by atoms with Crippen LogP contribution in [0, 0.1) is 29.6 Å². The Balaban J connectivity index is 1.55. The zero-order valence-electron chi connectivity index (χ0n) is 17.3. The van der Waals surface area contributed by atoms with Gasteiger partial charge in [0.2, 0.25) is 0 Å². The maximum atomic E-state index is 13.4. The van der Waals surface area contributed by atoms with Crippen LogP contribution in [0.5, 0.6) is 5.75 Å². The molecule has 5 atom stereocenters. The second-order valence-corrected chi connectivity index (χ2v) is 9.48. The molecular formula is C25H24O6. The van der Waals surface area contributed by atoms with Crippen molar-refractivity contribution in [3.05, 3.63) is 34.4 Å². The van der Waals surface area contributed by atoms with E-state index in [1.807, 2.05) is 6.07 Å². The minimum atomic E-state index is -1.39. The molecule has 4 aliphatic rings. The summed E-state index contributed by atoms with van der Waals surface area (Å²) in [6.07, 6.45) is 6.17. The molecule has 0 aromatic heterocycles. The summed E-state index contributed by atoms with van der Waals surface area (Å²) < 4.78 is 0. The van der Waals surface area contributed by atoms with E-state index in [1.165, 1.54) is 18.6 Å². The van der Waals surface area contributed by atoms with E-state index in [4.69, 9.17) is 0 Å². The second kappa shape index (κ2) is 7.08. The highest BCUT2D eigenvalue weighted by Crippen LogP contribution is 2.49. The largest absolute Gasteiger partial charge is 0.507 e. The number of rotatable bonds is 2. The van der Waals surface area contributed by atoms with Crippen molar-refractivity contribution < 1.29 is 29.1 Å². The van der Waals surface area contributed by atoms with Crippen LogP contribution in [0.2, 0.25) is 0 Å². The van der Waals surface area contributed by atoms with E-state index in [1.54, 1.807) is 0 Å². The van der Waals surface area contributed by atoms with Crippen LogP contribution in [0.3, 0.4) is 0 Å². The van der Waals surface area contributed by atoms with Crippen molar-refractivity contribution in [1.82, 2.24) is 0 Å². The van der Waals surface area contributed by atoms with Crippen molar-refractivity contribution in [2.45, 2.75) is 45.4 Å². The highest BCUT2D eigenvalue weighted by atomic mass is 16.3. The second-order valence-electron chi connectivity index (χ2n) is 9.48. The van der Waals surface area contributed by atoms with Gasteiger partial charge < -0.3 is 5.11 Å². The lowest BCUT2D eigenvalue weighted by Crippen LogP contribution is -2.55. The first-order valence-corrected chi connectivity index (χ1v) is 11.0. The van der Waals surface area contributed by atoms with E-state index in [0.29, 0.717) is 12.8 Å². The maximum Gasteiger partial charge on any atom is 0.177 e. The van der Waals surface area contributed by atoms with Crippen LogP contribution in [0.15, 0.2) is 17.7 Å². The van der Waals surface area contributed by atoms with Crippen molar-refractivity contribution in [1.29, 1.82) is 0 Å². The van der Waals surface area contributed by atoms with Gasteiger partial charge in [-0.25, -0.2) is 0 Å². The van der Waals surface area contributed by atoms with Crippen molar-refractivity contribution in [2.24, 2.45) is 29.6 Å². The summed E-state index contributed by atoms with van der Waals surface area (Å²) in [6, 6.07) is 3.31. The van der Waals surface area contributed by atoms with Gasteiger partial charge in [0.05, 0.1) is 17.4 Å². The number of hydrogen-bond acceptors (Lipinski definition) is 6. The van der Waals surface area contributed by atoms with Crippen LogP contribution in [-0.4, -0.2) is 34.0 Å². The fourth-order valence-electron chi connectivity index (χ4n) is 6.02. The molecule has 5 unspecified atom stereocenters. The number of ketones is 5. The van der Waals surface area contributed by atoms with E-state index in [9.17, 15) is 29.1 Å². The first-order chi connectivity index (χ1) is 14.8. The number of aromatic hydroxyl groups is 1. The summed E-state index contributed by atoms with van der Waals surface area (Å²) in [6.45, 7) is 1.19. The number of carbonyl (C=O) groups excluding carboxylic acids is 5. The normalized spacial score (nSPS) is 32.0. The smallest absolute Gasteiger partial charge is 0.177 e. The Morgan fingerprint density at radius 2 is 1.71 bits per heavy atom. The number of allylic oxidation sites excluding steroid dienone is 1. The van der Waals surface area contributed by atoms with Gasteiger partial charge in [-0.3, -0.25) is 24.0 Å². The summed E-state index contributed by atoms with van der Waals surface area (Å²) in [7, 11) is 0. The lowest BCUT2D eigenvalue weighted by molar-refractivity contribution is -0.152. The van der Waals surface area contributed by atoms with E-state index in [2.05, 4.69) is 6.08 Å². The molecule has 160 valence electrons. The van der Waals surface area contributed by atoms with Crippen LogP contribution in [-0.2, 0) is 25.6 Å². The molecule has 1 aromatic carbocycles. The summed E-state index contributed by atoms with van der Waals surface area (Å²) in [5.41, 5.74) is 3.15. The van der Waals surface area contributed by atoms with Gasteiger partial charge in [0, 0.05) is 6.42 Å². The standard InChI is InChI=1S/C25H24O6/c1-11(26)19-18(28)10-15-8-14-9-16-13(7-12-3-2-4-12)5-6-17(27)22(16)25(31)20(14)24(30)21(15)23(19)29/h5-7,14-15,19-21,27H,2-4,8-10H2,1H3. The zero-order chi connectivity index (χ0) is 22.0. The fourth-order valence-corrected chi connectivity index (χ4v) is 6.02. The van der Waals surface area contributed by atoms with Gasteiger partial charge >= 0.3 is 0 Å². The minimum Gasteiger partial charge on any atom is -0.507 e. The molecule has 0 saturated heterocycles. The number of benzene rings is 1. The number of fused-ring (bicyclic) bond motifs is 3. The van der Waals surface area contributed by atoms with Crippen LogP contribution in [0.1, 0.15) is 60.5 Å². The topological polar surface area (TPSA) is 106 Å². The average molecular weight is 420 g/mol. The summed E-state index contributed by atoms with van der Waals surface area (Å²) >= 11 is 0. The fraction of sp³-hybridized carbons (Fsp3) is 0.480. The predicted octanol–water partition coefficient (Wildman–Crippen LogP) is 2.88. The molecule has 0 amide bonds. The summed E-state index contributed by atoms with van der Waals surface area (Å²) in [5.74, 6) is -6.91. The Hall–Kier alpha value is -2.89. The van der Waals surface area contributed by atoms with Gasteiger partial charge in [0.15, 0.2) is 23.1 Å². The van der Waals surface area contributed by atoms with Crippen LogP contribution in [0.4, 0.5) is 0 Å². The number of phenols is 1. The van der Waals surface area contributed by atoms with Crippen LogP contribution < -0.4 is 0 Å². The van der Waals surface area contributed by atoms with E-state index in [0.717, 1.165) is 30.4 Å². The third kappa shape index (κ3) is 2.95. The van der Waals surface area contributed by atoms with Crippen molar-refractivity contribution in [2.75, 3.05) is 0 Å². The quantitative estimate of drug-likeness (QED) is 0.738. The molecule has 1 N–H and O–H groups in total. The SMILES string of the molecule is CC(=O)C1C(=O)CC2CC3Cc4c(C=C5CCC5)ccc(O)c4C(=O)C3C(=O)C2C1=O. The van der Waals surface area contributed by atoms with Crippen LogP contribution in [0.25, 0.3) is 6.08 Å². The molecule has 6 nitrogen and oxygen atoms in total. The molecule has 3 saturated carbocycles.